The Hall–Kier alpha value is -1.66. The van der Waals surface area contributed by atoms with E-state index in [-0.39, 0.29) is 12.3 Å². The van der Waals surface area contributed by atoms with Gasteiger partial charge in [-0.1, -0.05) is 6.92 Å². The monoisotopic (exact) mass is 296 g/mol. The van der Waals surface area contributed by atoms with Crippen molar-refractivity contribution in [1.29, 1.82) is 0 Å². The number of hydrogen-bond donors (Lipinski definition) is 3. The number of hydrogen-bond acceptors (Lipinski definition) is 4. The third-order valence-electron chi connectivity index (χ3n) is 3.91. The number of likely N-dealkylation sites (N-methyl/N-ethyl adjacent to an activating group) is 1. The quantitative estimate of drug-likeness (QED) is 0.712. The third kappa shape index (κ3) is 4.41. The largest absolute Gasteiger partial charge is 0.508 e. The second kappa shape index (κ2) is 6.87. The molecule has 0 spiro atoms. The fourth-order valence-electron chi connectivity index (χ4n) is 2.72. The van der Waals surface area contributed by atoms with Crippen molar-refractivity contribution in [2.24, 2.45) is 0 Å². The summed E-state index contributed by atoms with van der Waals surface area (Å²) in [6.45, 7) is 3.25. The van der Waals surface area contributed by atoms with E-state index in [9.17, 15) is 14.3 Å². The summed E-state index contributed by atoms with van der Waals surface area (Å²) in [5, 5.41) is 21.5. The number of phenols is 1. The number of nitrogens with zero attached hydrogens (tertiary/aromatic N) is 1. The fourth-order valence-corrected chi connectivity index (χ4v) is 2.72. The number of nitrogens with one attached hydrogen (secondary N) is 1. The lowest BCUT2D eigenvalue weighted by Crippen LogP contribution is -2.53. The number of benzene rings is 1. The summed E-state index contributed by atoms with van der Waals surface area (Å²) in [6.07, 6.45) is 1.78. The number of carbonyl (C=O) groups is 1. The highest BCUT2D eigenvalue weighted by atomic mass is 19.1. The maximum atomic E-state index is 13.1. The van der Waals surface area contributed by atoms with E-state index in [0.717, 1.165) is 25.5 Å². The molecule has 1 aliphatic rings. The van der Waals surface area contributed by atoms with E-state index in [1.165, 1.54) is 12.1 Å². The molecule has 0 atom stereocenters. The van der Waals surface area contributed by atoms with Gasteiger partial charge in [0.1, 0.15) is 11.6 Å². The Kier molecular flexibility index (Phi) is 5.14. The average molecular weight is 296 g/mol. The van der Waals surface area contributed by atoms with Crippen LogP contribution in [0.3, 0.4) is 0 Å². The van der Waals surface area contributed by atoms with Gasteiger partial charge in [0.15, 0.2) is 0 Å². The van der Waals surface area contributed by atoms with Crippen LogP contribution in [0.2, 0.25) is 0 Å². The summed E-state index contributed by atoms with van der Waals surface area (Å²) < 4.78 is 13.1. The molecule has 0 bridgehead atoms. The lowest BCUT2D eigenvalue weighted by molar-refractivity contribution is -0.139. The summed E-state index contributed by atoms with van der Waals surface area (Å²) in [5.74, 6) is -1.32. The van der Waals surface area contributed by atoms with Gasteiger partial charge in [-0.15, -0.1) is 0 Å². The Morgan fingerprint density at radius 2 is 2.14 bits per heavy atom. The Labute approximate surface area is 123 Å². The van der Waals surface area contributed by atoms with Crippen LogP contribution in [0.25, 0.3) is 0 Å². The lowest BCUT2D eigenvalue weighted by atomic mass is 9.85. The van der Waals surface area contributed by atoms with E-state index in [1.54, 1.807) is 0 Å². The van der Waals surface area contributed by atoms with Gasteiger partial charge in [0, 0.05) is 24.7 Å². The molecule has 3 N–H and O–H groups in total. The molecule has 0 saturated heterocycles. The van der Waals surface area contributed by atoms with E-state index in [1.807, 2.05) is 11.8 Å². The summed E-state index contributed by atoms with van der Waals surface area (Å²) >= 11 is 0. The molecule has 1 aromatic rings. The summed E-state index contributed by atoms with van der Waals surface area (Å²) in [7, 11) is 0. The van der Waals surface area contributed by atoms with E-state index in [0.29, 0.717) is 24.2 Å². The first-order valence-corrected chi connectivity index (χ1v) is 7.15. The average Bonchev–Trinajstić information content (AvgIpc) is 2.33. The van der Waals surface area contributed by atoms with Gasteiger partial charge in [-0.05, 0) is 37.1 Å². The minimum absolute atomic E-state index is 0.0723. The van der Waals surface area contributed by atoms with Crippen LogP contribution >= 0.6 is 0 Å². The maximum absolute atomic E-state index is 13.1. The molecule has 0 aliphatic heterocycles. The van der Waals surface area contributed by atoms with Crippen LogP contribution in [0.1, 0.15) is 25.3 Å². The van der Waals surface area contributed by atoms with Gasteiger partial charge in [0.25, 0.3) is 0 Å². The molecule has 0 heterocycles. The van der Waals surface area contributed by atoms with Gasteiger partial charge in [-0.3, -0.25) is 9.69 Å². The maximum Gasteiger partial charge on any atom is 0.317 e. The lowest BCUT2D eigenvalue weighted by Gasteiger charge is -2.42. The van der Waals surface area contributed by atoms with Crippen molar-refractivity contribution in [3.05, 3.63) is 29.6 Å². The zero-order valence-electron chi connectivity index (χ0n) is 12.1. The number of carboxylic acid groups (broad SMARTS) is 1. The predicted molar refractivity (Wildman–Crippen MR) is 76.6 cm³/mol. The highest BCUT2D eigenvalue weighted by molar-refractivity contribution is 5.69. The van der Waals surface area contributed by atoms with Crippen LogP contribution in [0, 0.1) is 5.82 Å². The first-order valence-electron chi connectivity index (χ1n) is 7.15. The molecular weight excluding hydrogens is 275 g/mol. The molecule has 5 nitrogen and oxygen atoms in total. The normalized spacial score (nSPS) is 21.3. The van der Waals surface area contributed by atoms with Gasteiger partial charge < -0.3 is 15.5 Å². The molecule has 0 amide bonds. The Bertz CT molecular complexity index is 483. The standard InChI is InChI=1S/C15H21FN2O3/c1-2-18(9-15(20)21)13-6-12(7-13)17-8-10-3-11(16)5-14(19)4-10/h3-5,12-13,17,19H,2,6-9H2,1H3,(H,20,21). The van der Waals surface area contributed by atoms with Gasteiger partial charge in [-0.25, -0.2) is 4.39 Å². The highest BCUT2D eigenvalue weighted by Crippen LogP contribution is 2.26. The van der Waals surface area contributed by atoms with Crippen LogP contribution in [0.4, 0.5) is 4.39 Å². The van der Waals surface area contributed by atoms with Crippen LogP contribution in [0.5, 0.6) is 5.75 Å². The molecule has 0 unspecified atom stereocenters. The van der Waals surface area contributed by atoms with Gasteiger partial charge in [0.2, 0.25) is 0 Å². The smallest absolute Gasteiger partial charge is 0.317 e. The molecule has 116 valence electrons. The first kappa shape index (κ1) is 15.7. The van der Waals surface area contributed by atoms with E-state index >= 15 is 0 Å². The zero-order chi connectivity index (χ0) is 15.4. The number of halogens is 1. The Morgan fingerprint density at radius 3 is 2.71 bits per heavy atom. The van der Waals surface area contributed by atoms with Gasteiger partial charge in [0.05, 0.1) is 6.54 Å². The number of rotatable bonds is 7. The second-order valence-electron chi connectivity index (χ2n) is 5.48. The minimum atomic E-state index is -0.802. The molecule has 1 aromatic carbocycles. The van der Waals surface area contributed by atoms with E-state index in [2.05, 4.69) is 5.32 Å². The van der Waals surface area contributed by atoms with Gasteiger partial charge in [-0.2, -0.15) is 0 Å². The molecule has 1 aliphatic carbocycles. The van der Waals surface area contributed by atoms with Crippen molar-refractivity contribution in [2.75, 3.05) is 13.1 Å². The van der Waals surface area contributed by atoms with Crippen LogP contribution in [-0.2, 0) is 11.3 Å². The highest BCUT2D eigenvalue weighted by Gasteiger charge is 2.33. The number of phenolic OH excluding ortho intramolecular Hbond substituents is 1. The van der Waals surface area contributed by atoms with Crippen molar-refractivity contribution >= 4 is 5.97 Å². The molecule has 6 heteroatoms. The van der Waals surface area contributed by atoms with Crippen LogP contribution in [0.15, 0.2) is 18.2 Å². The van der Waals surface area contributed by atoms with Gasteiger partial charge >= 0.3 is 5.97 Å². The zero-order valence-corrected chi connectivity index (χ0v) is 12.1. The number of aromatic hydroxyl groups is 1. The van der Waals surface area contributed by atoms with Crippen LogP contribution < -0.4 is 5.32 Å². The summed E-state index contributed by atoms with van der Waals surface area (Å²) in [4.78, 5) is 12.7. The van der Waals surface area contributed by atoms with Crippen molar-refractivity contribution in [3.63, 3.8) is 0 Å². The number of carboxylic acids is 1. The topological polar surface area (TPSA) is 72.8 Å². The SMILES string of the molecule is CCN(CC(=O)O)C1CC(NCc2cc(O)cc(F)c2)C1. The predicted octanol–water partition coefficient (Wildman–Crippen LogP) is 1.56. The summed E-state index contributed by atoms with van der Waals surface area (Å²) in [5.41, 5.74) is 0.703. The Morgan fingerprint density at radius 1 is 1.43 bits per heavy atom. The third-order valence-corrected chi connectivity index (χ3v) is 3.91. The minimum Gasteiger partial charge on any atom is -0.508 e. The van der Waals surface area contributed by atoms with Crippen molar-refractivity contribution in [1.82, 2.24) is 10.2 Å². The first-order chi connectivity index (χ1) is 9.97. The van der Waals surface area contributed by atoms with E-state index < -0.39 is 11.8 Å². The molecule has 0 aromatic heterocycles. The van der Waals surface area contributed by atoms with Crippen molar-refractivity contribution in [2.45, 2.75) is 38.4 Å². The molecule has 2 rings (SSSR count). The molecule has 1 fully saturated rings. The van der Waals surface area contributed by atoms with Crippen molar-refractivity contribution < 1.29 is 19.4 Å². The van der Waals surface area contributed by atoms with Crippen LogP contribution in [-0.4, -0.2) is 46.3 Å². The number of aliphatic carboxylic acids is 1. The Balaban J connectivity index is 1.76. The fraction of sp³-hybridized carbons (Fsp3) is 0.533. The molecule has 1 saturated carbocycles. The second-order valence-corrected chi connectivity index (χ2v) is 5.48. The van der Waals surface area contributed by atoms with Crippen molar-refractivity contribution in [3.8, 4) is 5.75 Å². The summed E-state index contributed by atoms with van der Waals surface area (Å²) in [6, 6.07) is 4.61. The van der Waals surface area contributed by atoms with E-state index in [4.69, 9.17) is 5.11 Å². The molecule has 21 heavy (non-hydrogen) atoms. The molecular formula is C15H21FN2O3. The molecule has 0 radical (unpaired) electrons.